The average molecular weight is 98.1 g/mol. The van der Waals surface area contributed by atoms with Gasteiger partial charge in [-0.15, -0.1) is 0 Å². The van der Waals surface area contributed by atoms with Crippen molar-refractivity contribution in [3.8, 4) is 0 Å². The molecule has 0 saturated heterocycles. The van der Waals surface area contributed by atoms with E-state index in [9.17, 15) is 4.39 Å². The summed E-state index contributed by atoms with van der Waals surface area (Å²) in [6, 6.07) is 0. The van der Waals surface area contributed by atoms with Gasteiger partial charge in [0.05, 0.1) is 0 Å². The summed E-state index contributed by atoms with van der Waals surface area (Å²) < 4.78 is 20.7. The van der Waals surface area contributed by atoms with E-state index in [1.165, 1.54) is 0 Å². The summed E-state index contributed by atoms with van der Waals surface area (Å²) in [4.78, 5) is 0. The van der Waals surface area contributed by atoms with Gasteiger partial charge < -0.3 is 4.56 Å². The molecule has 3 heteroatoms. The SMILES string of the molecule is [3H]OSCCF. The van der Waals surface area contributed by atoms with Crippen molar-refractivity contribution < 1.29 is 8.95 Å². The second-order valence-electron chi connectivity index (χ2n) is 0.511. The van der Waals surface area contributed by atoms with Crippen LogP contribution in [0.5, 0.6) is 0 Å². The number of rotatable bonds is 3. The Morgan fingerprint density at radius 2 is 3.00 bits per heavy atom. The first-order valence-electron chi connectivity index (χ1n) is 1.63. The third-order valence-electron chi connectivity index (χ3n) is 0.160. The summed E-state index contributed by atoms with van der Waals surface area (Å²) in [6.07, 6.45) is 0. The molecule has 0 amide bonds. The summed E-state index contributed by atoms with van der Waals surface area (Å²) in [6.45, 7) is -0.427. The predicted molar refractivity (Wildman–Crippen MR) is 21.1 cm³/mol. The van der Waals surface area contributed by atoms with Gasteiger partial charge in [0.1, 0.15) is 6.67 Å². The molecule has 32 valence electrons. The molecule has 0 bridgehead atoms. The van der Waals surface area contributed by atoms with Crippen LogP contribution < -0.4 is 0 Å². The standard InChI is InChI=1S/C2H5FOS/c3-1-2-5-4/h4H,1-2H2/i/hT. The lowest BCUT2D eigenvalue weighted by Gasteiger charge is -1.75. The molecule has 5 heavy (non-hydrogen) atoms. The van der Waals surface area contributed by atoms with Crippen LogP contribution in [-0.4, -0.2) is 17.0 Å². The molecular formula is C2H5FOS. The highest BCUT2D eigenvalue weighted by Gasteiger charge is 1.73. The second-order valence-corrected chi connectivity index (χ2v) is 1.15. The normalized spacial score (nSPS) is 11.0. The van der Waals surface area contributed by atoms with Crippen LogP contribution >= 0.6 is 12.0 Å². The Labute approximate surface area is 35.9 Å². The highest BCUT2D eigenvalue weighted by atomic mass is 32.2. The van der Waals surface area contributed by atoms with Gasteiger partial charge in [-0.25, -0.2) is 0 Å². The molecule has 0 aromatic carbocycles. The Balaban J connectivity index is 2.34. The quantitative estimate of drug-likeness (QED) is 0.422. The van der Waals surface area contributed by atoms with Crippen molar-refractivity contribution >= 4 is 12.0 Å². The lowest BCUT2D eigenvalue weighted by molar-refractivity contribution is 0.526. The van der Waals surface area contributed by atoms with Crippen LogP contribution in [0.15, 0.2) is 0 Å². The molecule has 0 fully saturated rings. The monoisotopic (exact) mass is 98.0 g/mol. The smallest absolute Gasteiger partial charge is 0.228 e. The number of alkyl halides is 1. The Morgan fingerprint density at radius 1 is 2.20 bits per heavy atom. The van der Waals surface area contributed by atoms with Gasteiger partial charge in [-0.05, 0) is 12.0 Å². The van der Waals surface area contributed by atoms with E-state index in [0.29, 0.717) is 0 Å². The fourth-order valence-corrected chi connectivity index (χ4v) is 0.0945. The summed E-state index contributed by atoms with van der Waals surface area (Å²) in [7, 11) is 0. The van der Waals surface area contributed by atoms with Crippen molar-refractivity contribution in [1.29, 1.82) is 1.43 Å². The van der Waals surface area contributed by atoms with E-state index in [1.807, 2.05) is 0 Å². The maximum Gasteiger partial charge on any atom is 0.228 e. The van der Waals surface area contributed by atoms with Crippen molar-refractivity contribution in [1.82, 2.24) is 0 Å². The second kappa shape index (κ2) is 4.24. The molecule has 0 aromatic rings. The van der Waals surface area contributed by atoms with Crippen LogP contribution in [0.25, 0.3) is 1.43 Å². The molecule has 0 unspecified atom stereocenters. The van der Waals surface area contributed by atoms with Gasteiger partial charge in [0.15, 0.2) is 0 Å². The van der Waals surface area contributed by atoms with E-state index in [-0.39, 0.29) is 5.75 Å². The van der Waals surface area contributed by atoms with E-state index in [0.717, 1.165) is 12.0 Å². The minimum absolute atomic E-state index is 0.253. The van der Waals surface area contributed by atoms with E-state index in [2.05, 4.69) is 4.56 Å². The molecule has 0 aliphatic heterocycles. The molecule has 0 atom stereocenters. The lowest BCUT2D eigenvalue weighted by Crippen LogP contribution is -1.73. The molecule has 0 aromatic heterocycles. The fraction of sp³-hybridized carbons (Fsp3) is 1.00. The number of halogens is 1. The van der Waals surface area contributed by atoms with Crippen LogP contribution in [0, 0.1) is 0 Å². The van der Waals surface area contributed by atoms with Crippen LogP contribution in [-0.2, 0) is 0 Å². The van der Waals surface area contributed by atoms with E-state index in [4.69, 9.17) is 1.43 Å². The minimum atomic E-state index is -0.427. The Hall–Kier alpha value is 0.240. The topological polar surface area (TPSA) is 20.2 Å². The molecule has 0 spiro atoms. The van der Waals surface area contributed by atoms with Gasteiger partial charge in [0.2, 0.25) is 1.43 Å². The average Bonchev–Trinajstić information content (AvgIpc) is 1.61. The summed E-state index contributed by atoms with van der Waals surface area (Å²) >= 11 is 0.800. The number of hydrogen-bond donors (Lipinski definition) is 1. The minimum Gasteiger partial charge on any atom is -0.330 e. The molecule has 0 aliphatic carbocycles. The molecule has 0 saturated carbocycles. The molecular weight excluding hydrogens is 91.1 g/mol. The fourth-order valence-electron chi connectivity index (χ4n) is 0.0315. The van der Waals surface area contributed by atoms with Gasteiger partial charge in [0, 0.05) is 5.75 Å². The Bertz CT molecular complexity index is 25.5. The first-order valence-corrected chi connectivity index (χ1v) is 2.13. The first-order chi connectivity index (χ1) is 2.91. The maximum atomic E-state index is 11.0. The van der Waals surface area contributed by atoms with Crippen molar-refractivity contribution in [3.63, 3.8) is 0 Å². The Kier molecular flexibility index (Phi) is 2.91. The summed E-state index contributed by atoms with van der Waals surface area (Å²) in [5.41, 5.74) is 0. The maximum absolute atomic E-state index is 11.0. The van der Waals surface area contributed by atoms with Crippen molar-refractivity contribution in [2.75, 3.05) is 12.4 Å². The zero-order chi connectivity index (χ0) is 4.83. The molecule has 1 N–H and O–H groups in total. The van der Waals surface area contributed by atoms with Crippen LogP contribution in [0.4, 0.5) is 4.39 Å². The summed E-state index contributed by atoms with van der Waals surface area (Å²) in [5, 5.41) is 0. The van der Waals surface area contributed by atoms with Gasteiger partial charge in [-0.3, -0.25) is 4.39 Å². The zero-order valence-electron chi connectivity index (χ0n) is 3.61. The van der Waals surface area contributed by atoms with Crippen LogP contribution in [0.3, 0.4) is 0 Å². The third kappa shape index (κ3) is 4.24. The predicted octanol–water partition coefficient (Wildman–Crippen LogP) is 1.16. The van der Waals surface area contributed by atoms with Gasteiger partial charge in [0.25, 0.3) is 0 Å². The van der Waals surface area contributed by atoms with E-state index < -0.39 is 6.67 Å². The molecule has 0 heterocycles. The van der Waals surface area contributed by atoms with Gasteiger partial charge >= 0.3 is 0 Å². The summed E-state index contributed by atoms with van der Waals surface area (Å²) in [5.74, 6) is 0.253. The van der Waals surface area contributed by atoms with Gasteiger partial charge in [-0.2, -0.15) is 0 Å². The van der Waals surface area contributed by atoms with Crippen molar-refractivity contribution in [2.45, 2.75) is 0 Å². The first kappa shape index (κ1) is 3.43. The van der Waals surface area contributed by atoms with Crippen LogP contribution in [0.1, 0.15) is 0 Å². The largest absolute Gasteiger partial charge is 0.330 e. The Morgan fingerprint density at radius 3 is 3.20 bits per heavy atom. The van der Waals surface area contributed by atoms with Crippen molar-refractivity contribution in [3.05, 3.63) is 0 Å². The van der Waals surface area contributed by atoms with E-state index in [1.54, 1.807) is 0 Å². The highest BCUT2D eigenvalue weighted by molar-refractivity contribution is 7.93. The molecule has 1 nitrogen and oxygen atoms in total. The molecule has 0 aliphatic rings. The van der Waals surface area contributed by atoms with Crippen LogP contribution in [0.2, 0.25) is 0 Å². The molecule has 0 rings (SSSR count). The third-order valence-corrected chi connectivity index (χ3v) is 0.481. The lowest BCUT2D eigenvalue weighted by atomic mass is 10.9. The number of hydrogen-bond acceptors (Lipinski definition) is 2. The van der Waals surface area contributed by atoms with E-state index >= 15 is 0 Å². The highest BCUT2D eigenvalue weighted by Crippen LogP contribution is 1.86. The van der Waals surface area contributed by atoms with Gasteiger partial charge in [-0.1, -0.05) is 0 Å². The molecule has 0 radical (unpaired) electrons. The zero-order valence-corrected chi connectivity index (χ0v) is 3.43. The van der Waals surface area contributed by atoms with Crippen molar-refractivity contribution in [2.24, 2.45) is 0 Å².